The molecular formula is C15H20BN5O. The molecule has 2 aromatic rings. The van der Waals surface area contributed by atoms with Gasteiger partial charge in [0.15, 0.2) is 0 Å². The van der Waals surface area contributed by atoms with E-state index in [1.807, 2.05) is 42.0 Å². The molecule has 5 N–H and O–H groups in total. The van der Waals surface area contributed by atoms with Gasteiger partial charge in [-0.05, 0) is 25.1 Å². The third-order valence-corrected chi connectivity index (χ3v) is 2.79. The molecule has 6 nitrogen and oxygen atoms in total. The zero-order valence-electron chi connectivity index (χ0n) is 12.8. The molecule has 0 fully saturated rings. The Morgan fingerprint density at radius 2 is 2.23 bits per heavy atom. The van der Waals surface area contributed by atoms with E-state index in [2.05, 4.69) is 17.0 Å². The van der Waals surface area contributed by atoms with Gasteiger partial charge in [0, 0.05) is 17.3 Å². The van der Waals surface area contributed by atoms with Gasteiger partial charge in [-0.3, -0.25) is 5.84 Å². The van der Waals surface area contributed by atoms with Gasteiger partial charge in [-0.25, -0.2) is 4.98 Å². The summed E-state index contributed by atoms with van der Waals surface area (Å²) >= 11 is 0. The number of hydrazine groups is 1. The standard InChI is InChI=1S/C14H17N5.CH3BO/c1-3-5-10(6-4-2)19-8-7-11-13(18-16)12(15)9-17-14(11)19;1-2-3/h3-9H,1,15-16H2,2H3,(H,17,18);1H3/b6-4-,10-5+;. The Morgan fingerprint density at radius 3 is 2.77 bits per heavy atom. The minimum absolute atomic E-state index is 0.521. The zero-order valence-corrected chi connectivity index (χ0v) is 12.8. The van der Waals surface area contributed by atoms with Gasteiger partial charge in [0.2, 0.25) is 0 Å². The molecule has 0 atom stereocenters. The van der Waals surface area contributed by atoms with E-state index in [9.17, 15) is 0 Å². The fourth-order valence-corrected chi connectivity index (χ4v) is 1.98. The van der Waals surface area contributed by atoms with Crippen LogP contribution in [0.5, 0.6) is 0 Å². The Labute approximate surface area is 130 Å². The molecule has 2 aromatic heterocycles. The van der Waals surface area contributed by atoms with E-state index >= 15 is 0 Å². The number of nitrogen functional groups attached to an aromatic ring is 2. The van der Waals surface area contributed by atoms with Crippen molar-refractivity contribution in [3.63, 3.8) is 0 Å². The second-order valence-corrected chi connectivity index (χ2v) is 4.22. The van der Waals surface area contributed by atoms with Crippen LogP contribution < -0.4 is 17.0 Å². The van der Waals surface area contributed by atoms with Crippen LogP contribution in [-0.4, -0.2) is 16.7 Å². The Bertz CT molecular complexity index is 718. The number of hydrogen-bond acceptors (Lipinski definition) is 5. The van der Waals surface area contributed by atoms with E-state index in [0.717, 1.165) is 23.9 Å². The molecule has 0 bridgehead atoms. The van der Waals surface area contributed by atoms with Crippen LogP contribution in [0.3, 0.4) is 0 Å². The van der Waals surface area contributed by atoms with Crippen molar-refractivity contribution in [2.24, 2.45) is 5.84 Å². The predicted octanol–water partition coefficient (Wildman–Crippen LogP) is 2.59. The summed E-state index contributed by atoms with van der Waals surface area (Å²) in [6.07, 6.45) is 11.1. The maximum absolute atomic E-state index is 8.81. The molecule has 0 amide bonds. The molecule has 22 heavy (non-hydrogen) atoms. The topological polar surface area (TPSA) is 99.0 Å². The molecule has 7 heteroatoms. The molecular weight excluding hydrogens is 277 g/mol. The number of nitrogens with zero attached hydrogens (tertiary/aromatic N) is 2. The van der Waals surface area contributed by atoms with Crippen LogP contribution in [0.2, 0.25) is 6.82 Å². The molecule has 0 spiro atoms. The van der Waals surface area contributed by atoms with E-state index in [0.29, 0.717) is 11.4 Å². The van der Waals surface area contributed by atoms with Crippen LogP contribution in [0, 0.1) is 0 Å². The summed E-state index contributed by atoms with van der Waals surface area (Å²) in [6, 6.07) is 1.92. The van der Waals surface area contributed by atoms with Crippen LogP contribution in [-0.2, 0) is 4.70 Å². The van der Waals surface area contributed by atoms with Gasteiger partial charge in [-0.15, -0.1) is 0 Å². The van der Waals surface area contributed by atoms with Crippen LogP contribution in [0.15, 0.2) is 49.3 Å². The Kier molecular flexibility index (Phi) is 6.78. The number of nitrogens with two attached hydrogens (primary N) is 2. The van der Waals surface area contributed by atoms with Crippen molar-refractivity contribution < 1.29 is 4.70 Å². The molecule has 2 rings (SSSR count). The SMILES string of the molecule is C=C/C=C(\C=C/C)n1ccc2c(NN)c(N)cnc21.CB=O. The number of allylic oxidation sites excluding steroid dienone is 5. The molecule has 0 aromatic carbocycles. The van der Waals surface area contributed by atoms with Crippen molar-refractivity contribution in [2.45, 2.75) is 13.7 Å². The van der Waals surface area contributed by atoms with E-state index in [1.54, 1.807) is 12.3 Å². The minimum atomic E-state index is 0.521. The monoisotopic (exact) mass is 297 g/mol. The van der Waals surface area contributed by atoms with Gasteiger partial charge in [-0.2, -0.15) is 0 Å². The first kappa shape index (κ1) is 17.4. The van der Waals surface area contributed by atoms with Crippen molar-refractivity contribution in [3.8, 4) is 0 Å². The number of fused-ring (bicyclic) bond motifs is 1. The Hall–Kier alpha value is -2.67. The number of pyridine rings is 1. The van der Waals surface area contributed by atoms with Crippen molar-refractivity contribution in [1.82, 2.24) is 9.55 Å². The van der Waals surface area contributed by atoms with Gasteiger partial charge in [0.05, 0.1) is 17.6 Å². The van der Waals surface area contributed by atoms with Crippen LogP contribution in [0.25, 0.3) is 16.7 Å². The first-order valence-corrected chi connectivity index (χ1v) is 6.72. The summed E-state index contributed by atoms with van der Waals surface area (Å²) in [5.74, 6) is 5.51. The number of hydrogen-bond donors (Lipinski definition) is 3. The first-order chi connectivity index (χ1) is 10.6. The van der Waals surface area contributed by atoms with Gasteiger partial charge in [0.1, 0.15) is 5.65 Å². The van der Waals surface area contributed by atoms with Crippen molar-refractivity contribution >= 4 is 35.3 Å². The van der Waals surface area contributed by atoms with E-state index < -0.39 is 0 Å². The summed E-state index contributed by atoms with van der Waals surface area (Å²) in [4.78, 5) is 4.37. The van der Waals surface area contributed by atoms with Crippen molar-refractivity contribution in [2.75, 3.05) is 11.2 Å². The second-order valence-electron chi connectivity index (χ2n) is 4.22. The fourth-order valence-electron chi connectivity index (χ4n) is 1.98. The average Bonchev–Trinajstić information content (AvgIpc) is 2.91. The van der Waals surface area contributed by atoms with Crippen LogP contribution >= 0.6 is 0 Å². The van der Waals surface area contributed by atoms with Crippen molar-refractivity contribution in [1.29, 1.82) is 0 Å². The third-order valence-electron chi connectivity index (χ3n) is 2.79. The molecule has 0 aliphatic rings. The van der Waals surface area contributed by atoms with E-state index in [-0.39, 0.29) is 0 Å². The molecule has 2 heterocycles. The molecule has 0 saturated heterocycles. The number of rotatable bonds is 4. The normalized spacial score (nSPS) is 11.0. The summed E-state index contributed by atoms with van der Waals surface area (Å²) < 4.78 is 10.8. The van der Waals surface area contributed by atoms with Crippen molar-refractivity contribution in [3.05, 3.63) is 49.3 Å². The summed E-state index contributed by atoms with van der Waals surface area (Å²) in [5, 5.41) is 0.877. The van der Waals surface area contributed by atoms with E-state index in [1.165, 1.54) is 6.82 Å². The first-order valence-electron chi connectivity index (χ1n) is 6.72. The Morgan fingerprint density at radius 1 is 1.55 bits per heavy atom. The number of aromatic nitrogens is 2. The maximum atomic E-state index is 8.81. The average molecular weight is 297 g/mol. The molecule has 0 unspecified atom stereocenters. The van der Waals surface area contributed by atoms with Gasteiger partial charge < -0.3 is 15.7 Å². The van der Waals surface area contributed by atoms with Gasteiger partial charge in [-0.1, -0.05) is 18.7 Å². The molecule has 0 radical (unpaired) electrons. The van der Waals surface area contributed by atoms with Crippen LogP contribution in [0.1, 0.15) is 6.92 Å². The molecule has 0 aliphatic heterocycles. The number of nitrogens with one attached hydrogen (secondary N) is 1. The summed E-state index contributed by atoms with van der Waals surface area (Å²) in [7, 11) is 0.750. The Balaban J connectivity index is 0.000000745. The third kappa shape index (κ3) is 3.70. The predicted molar refractivity (Wildman–Crippen MR) is 93.5 cm³/mol. The summed E-state index contributed by atoms with van der Waals surface area (Å²) in [6.45, 7) is 7.13. The van der Waals surface area contributed by atoms with Crippen LogP contribution in [0.4, 0.5) is 11.4 Å². The summed E-state index contributed by atoms with van der Waals surface area (Å²) in [5.41, 5.74) is 11.4. The molecule has 0 saturated carbocycles. The fraction of sp³-hybridized carbons (Fsp3) is 0.133. The zero-order chi connectivity index (χ0) is 16.5. The van der Waals surface area contributed by atoms with Gasteiger partial charge in [0.25, 0.3) is 0 Å². The molecule has 114 valence electrons. The van der Waals surface area contributed by atoms with Gasteiger partial charge >= 0.3 is 18.7 Å². The van der Waals surface area contributed by atoms with E-state index in [4.69, 9.17) is 16.3 Å². The quantitative estimate of drug-likeness (QED) is 0.348. The molecule has 0 aliphatic carbocycles. The second kappa shape index (κ2) is 8.58. The number of anilines is 2.